The van der Waals surface area contributed by atoms with E-state index in [2.05, 4.69) is 209 Å². The van der Waals surface area contributed by atoms with Crippen LogP contribution in [-0.2, 0) is 0 Å². The number of benzene rings is 9. The highest BCUT2D eigenvalue weighted by atomic mass is 15.3. The standard InChI is InChI=1S/C52H36N4/c1-3-13-34(14-4-1)45-31-35(36-25-28-51-47(32-36)44-21-11-12-22-50(44)56(51)38-15-5-2-6-16-38)24-27-49(45)55-52-53-30-29-48(54-52)37-23-26-43-41-19-8-7-17-39(41)40-18-9-10-20-42(40)46(43)33-37/h1-33,52,54-55H. The molecule has 4 nitrogen and oxygen atoms in total. The van der Waals surface area contributed by atoms with Gasteiger partial charge in [-0.05, 0) is 109 Å². The van der Waals surface area contributed by atoms with Crippen LogP contribution in [0.4, 0.5) is 5.69 Å². The summed E-state index contributed by atoms with van der Waals surface area (Å²) in [7, 11) is 0. The summed E-state index contributed by atoms with van der Waals surface area (Å²) in [6.07, 6.45) is 3.62. The number of hydrogen-bond donors (Lipinski definition) is 2. The largest absolute Gasteiger partial charge is 0.346 e. The number of nitrogens with one attached hydrogen (secondary N) is 2. The fraction of sp³-hybridized carbons (Fsp3) is 0.0192. The Morgan fingerprint density at radius 3 is 1.73 bits per heavy atom. The Labute approximate surface area is 324 Å². The highest BCUT2D eigenvalue weighted by Gasteiger charge is 2.18. The van der Waals surface area contributed by atoms with Gasteiger partial charge in [0, 0.05) is 39.6 Å². The summed E-state index contributed by atoms with van der Waals surface area (Å²) in [5.74, 6) is 0. The first-order valence-corrected chi connectivity index (χ1v) is 19.2. The lowest BCUT2D eigenvalue weighted by atomic mass is 9.93. The monoisotopic (exact) mass is 716 g/mol. The van der Waals surface area contributed by atoms with Crippen molar-refractivity contribution in [2.75, 3.05) is 5.32 Å². The number of allylic oxidation sites excluding steroid dienone is 1. The van der Waals surface area contributed by atoms with Crippen LogP contribution in [0.15, 0.2) is 199 Å². The average molecular weight is 717 g/mol. The fourth-order valence-electron chi connectivity index (χ4n) is 8.63. The maximum absolute atomic E-state index is 4.83. The van der Waals surface area contributed by atoms with Crippen molar-refractivity contribution in [3.8, 4) is 27.9 Å². The zero-order chi connectivity index (χ0) is 37.0. The molecule has 11 rings (SSSR count). The summed E-state index contributed by atoms with van der Waals surface area (Å²) in [6.45, 7) is 0. The molecule has 2 heterocycles. The zero-order valence-electron chi connectivity index (χ0n) is 30.5. The molecule has 10 aromatic rings. The number of anilines is 1. The van der Waals surface area contributed by atoms with Gasteiger partial charge in [-0.2, -0.15) is 0 Å². The quantitative estimate of drug-likeness (QED) is 0.168. The van der Waals surface area contributed by atoms with Crippen LogP contribution in [0.2, 0.25) is 0 Å². The van der Waals surface area contributed by atoms with Gasteiger partial charge in [-0.3, -0.25) is 0 Å². The smallest absolute Gasteiger partial charge is 0.194 e. The lowest BCUT2D eigenvalue weighted by Gasteiger charge is -2.25. The third-order valence-electron chi connectivity index (χ3n) is 11.2. The maximum Gasteiger partial charge on any atom is 0.194 e. The molecule has 0 radical (unpaired) electrons. The van der Waals surface area contributed by atoms with Crippen LogP contribution in [0, 0.1) is 0 Å². The molecular formula is C52H36N4. The molecule has 1 aliphatic heterocycles. The van der Waals surface area contributed by atoms with E-state index in [0.29, 0.717) is 0 Å². The van der Waals surface area contributed by atoms with Gasteiger partial charge in [-0.15, -0.1) is 0 Å². The first kappa shape index (κ1) is 32.0. The lowest BCUT2D eigenvalue weighted by molar-refractivity contribution is 0.699. The SMILES string of the molecule is C1=NC(Nc2ccc(-c3ccc4c(c3)c3ccccc3n4-c3ccccc3)cc2-c2ccccc2)NC(c2ccc3c4ccccc4c4ccccc4c3c2)=C1. The molecule has 0 saturated heterocycles. The molecule has 1 aliphatic rings. The van der Waals surface area contributed by atoms with Crippen LogP contribution in [-0.4, -0.2) is 17.1 Å². The van der Waals surface area contributed by atoms with Crippen molar-refractivity contribution in [1.29, 1.82) is 0 Å². The van der Waals surface area contributed by atoms with Gasteiger partial charge in [0.05, 0.1) is 11.0 Å². The maximum atomic E-state index is 4.83. The summed E-state index contributed by atoms with van der Waals surface area (Å²) >= 11 is 0. The van der Waals surface area contributed by atoms with Crippen molar-refractivity contribution in [3.63, 3.8) is 0 Å². The van der Waals surface area contributed by atoms with Crippen LogP contribution >= 0.6 is 0 Å². The Bertz CT molecular complexity index is 3160. The van der Waals surface area contributed by atoms with Crippen LogP contribution in [0.25, 0.3) is 87.8 Å². The third-order valence-corrected chi connectivity index (χ3v) is 11.2. The van der Waals surface area contributed by atoms with Gasteiger partial charge in [0.15, 0.2) is 6.29 Å². The van der Waals surface area contributed by atoms with E-state index in [1.165, 1.54) is 59.7 Å². The Kier molecular flexibility index (Phi) is 7.52. The predicted molar refractivity (Wildman–Crippen MR) is 238 cm³/mol. The molecule has 0 saturated carbocycles. The van der Waals surface area contributed by atoms with E-state index in [0.717, 1.165) is 39.3 Å². The number of aromatic nitrogens is 1. The van der Waals surface area contributed by atoms with E-state index in [-0.39, 0.29) is 6.29 Å². The average Bonchev–Trinajstić information content (AvgIpc) is 3.61. The van der Waals surface area contributed by atoms with E-state index in [9.17, 15) is 0 Å². The second kappa shape index (κ2) is 13.2. The molecule has 0 bridgehead atoms. The van der Waals surface area contributed by atoms with E-state index in [1.807, 2.05) is 6.21 Å². The van der Waals surface area contributed by atoms with Gasteiger partial charge in [-0.25, -0.2) is 4.99 Å². The Morgan fingerprint density at radius 1 is 0.429 bits per heavy atom. The molecule has 1 aromatic heterocycles. The molecule has 56 heavy (non-hydrogen) atoms. The van der Waals surface area contributed by atoms with Crippen molar-refractivity contribution >= 4 is 71.7 Å². The summed E-state index contributed by atoms with van der Waals surface area (Å²) in [5.41, 5.74) is 11.3. The first-order valence-electron chi connectivity index (χ1n) is 19.2. The first-order chi connectivity index (χ1) is 27.8. The molecule has 0 amide bonds. The van der Waals surface area contributed by atoms with Gasteiger partial charge >= 0.3 is 0 Å². The van der Waals surface area contributed by atoms with Gasteiger partial charge in [0.25, 0.3) is 0 Å². The van der Waals surface area contributed by atoms with Crippen molar-refractivity contribution in [1.82, 2.24) is 9.88 Å². The number of aliphatic imine (C=N–C) groups is 1. The minimum absolute atomic E-state index is 0.354. The van der Waals surface area contributed by atoms with Crippen molar-refractivity contribution in [3.05, 3.63) is 200 Å². The number of fused-ring (bicyclic) bond motifs is 9. The van der Waals surface area contributed by atoms with Crippen molar-refractivity contribution < 1.29 is 0 Å². The summed E-state index contributed by atoms with van der Waals surface area (Å²) in [5, 5.41) is 17.5. The van der Waals surface area contributed by atoms with E-state index >= 15 is 0 Å². The predicted octanol–water partition coefficient (Wildman–Crippen LogP) is 13.0. The van der Waals surface area contributed by atoms with E-state index < -0.39 is 0 Å². The number of hydrogen-bond acceptors (Lipinski definition) is 3. The minimum Gasteiger partial charge on any atom is -0.346 e. The summed E-state index contributed by atoms with van der Waals surface area (Å²) in [4.78, 5) is 4.83. The molecule has 4 heteroatoms. The second-order valence-electron chi connectivity index (χ2n) is 14.5. The molecular weight excluding hydrogens is 681 g/mol. The zero-order valence-corrected chi connectivity index (χ0v) is 30.5. The minimum atomic E-state index is -0.354. The molecule has 0 spiro atoms. The highest BCUT2D eigenvalue weighted by Crippen LogP contribution is 2.39. The van der Waals surface area contributed by atoms with Crippen molar-refractivity contribution in [2.24, 2.45) is 4.99 Å². The molecule has 1 unspecified atom stereocenters. The molecule has 2 N–H and O–H groups in total. The lowest BCUT2D eigenvalue weighted by Crippen LogP contribution is -2.35. The van der Waals surface area contributed by atoms with Gasteiger partial charge in [-0.1, -0.05) is 140 Å². The molecule has 9 aromatic carbocycles. The number of nitrogens with zero attached hydrogens (tertiary/aromatic N) is 2. The fourth-order valence-corrected chi connectivity index (χ4v) is 8.63. The number of rotatable bonds is 6. The van der Waals surface area contributed by atoms with E-state index in [1.54, 1.807) is 0 Å². The van der Waals surface area contributed by atoms with Gasteiger partial charge in [0.2, 0.25) is 0 Å². The normalized spacial score (nSPS) is 14.1. The summed E-state index contributed by atoms with van der Waals surface area (Å²) < 4.78 is 2.36. The topological polar surface area (TPSA) is 41.4 Å². The van der Waals surface area contributed by atoms with Crippen molar-refractivity contribution in [2.45, 2.75) is 6.29 Å². The highest BCUT2D eigenvalue weighted by molar-refractivity contribution is 6.25. The van der Waals surface area contributed by atoms with Gasteiger partial charge in [0.1, 0.15) is 0 Å². The molecule has 0 aliphatic carbocycles. The van der Waals surface area contributed by atoms with Crippen LogP contribution in [0.1, 0.15) is 5.56 Å². The Hall–Kier alpha value is -7.43. The summed E-state index contributed by atoms with van der Waals surface area (Å²) in [6, 6.07) is 67.7. The molecule has 1 atom stereocenters. The Balaban J connectivity index is 0.946. The van der Waals surface area contributed by atoms with Crippen LogP contribution in [0.5, 0.6) is 0 Å². The van der Waals surface area contributed by atoms with Crippen LogP contribution in [0.3, 0.4) is 0 Å². The molecule has 0 fully saturated rings. The Morgan fingerprint density at radius 2 is 0.982 bits per heavy atom. The molecule has 264 valence electrons. The van der Waals surface area contributed by atoms with Crippen LogP contribution < -0.4 is 10.6 Å². The second-order valence-corrected chi connectivity index (χ2v) is 14.5. The van der Waals surface area contributed by atoms with E-state index in [4.69, 9.17) is 4.99 Å². The van der Waals surface area contributed by atoms with Gasteiger partial charge < -0.3 is 15.2 Å². The number of para-hydroxylation sites is 2. The third kappa shape index (κ3) is 5.34.